The summed E-state index contributed by atoms with van der Waals surface area (Å²) in [6.45, 7) is 3.38. The number of aryl methyl sites for hydroxylation is 1. The van der Waals surface area contributed by atoms with E-state index < -0.39 is 27.7 Å². The van der Waals surface area contributed by atoms with Crippen LogP contribution in [0.3, 0.4) is 0 Å². The van der Waals surface area contributed by atoms with Crippen LogP contribution in [0.25, 0.3) is 22.2 Å². The van der Waals surface area contributed by atoms with E-state index in [4.69, 9.17) is 4.42 Å². The molecule has 11 heteroatoms. The number of carbonyl (C=O) groups excluding carboxylic acids is 1. The summed E-state index contributed by atoms with van der Waals surface area (Å²) in [5.41, 5.74) is 4.66. The van der Waals surface area contributed by atoms with Crippen molar-refractivity contribution in [2.75, 3.05) is 6.26 Å². The predicted molar refractivity (Wildman–Crippen MR) is 151 cm³/mol. The molecule has 5 aromatic rings. The molecule has 0 radical (unpaired) electrons. The van der Waals surface area contributed by atoms with Gasteiger partial charge in [0.2, 0.25) is 5.76 Å². The summed E-state index contributed by atoms with van der Waals surface area (Å²) in [7, 11) is -3.39. The van der Waals surface area contributed by atoms with Gasteiger partial charge in [-0.15, -0.1) is 0 Å². The maximum atomic E-state index is 14.1. The third-order valence-corrected chi connectivity index (χ3v) is 8.05. The van der Waals surface area contributed by atoms with E-state index in [0.29, 0.717) is 39.0 Å². The number of carbonyl (C=O) groups is 1. The molecule has 5 rings (SSSR count). The summed E-state index contributed by atoms with van der Waals surface area (Å²) < 4.78 is 68.7. The fourth-order valence-electron chi connectivity index (χ4n) is 4.65. The minimum Gasteiger partial charge on any atom is -0.455 e. The van der Waals surface area contributed by atoms with E-state index >= 15 is 0 Å². The van der Waals surface area contributed by atoms with Crippen LogP contribution < -0.4 is 0 Å². The Morgan fingerprint density at radius 1 is 0.929 bits per heavy atom. The van der Waals surface area contributed by atoms with Crippen molar-refractivity contribution < 1.29 is 30.8 Å². The van der Waals surface area contributed by atoms with Gasteiger partial charge in [0.1, 0.15) is 11.3 Å². The van der Waals surface area contributed by atoms with E-state index in [0.717, 1.165) is 17.9 Å². The average molecular weight is 594 g/mol. The van der Waals surface area contributed by atoms with E-state index in [9.17, 15) is 26.4 Å². The van der Waals surface area contributed by atoms with E-state index in [1.165, 1.54) is 17.0 Å². The number of hydrogen-bond acceptors (Lipinski definition) is 6. The van der Waals surface area contributed by atoms with Crippen molar-refractivity contribution in [1.82, 2.24) is 14.9 Å². The monoisotopic (exact) mass is 593 g/mol. The smallest absolute Gasteiger partial charge is 0.449 e. The molecular formula is C31H26F3N3O4S. The highest BCUT2D eigenvalue weighted by molar-refractivity contribution is 7.90. The topological polar surface area (TPSA) is 93.4 Å². The van der Waals surface area contributed by atoms with Crippen LogP contribution in [-0.4, -0.2) is 35.4 Å². The van der Waals surface area contributed by atoms with Crippen molar-refractivity contribution in [3.05, 3.63) is 113 Å². The molecule has 0 bridgehead atoms. The lowest BCUT2D eigenvalue weighted by atomic mass is 10.0. The van der Waals surface area contributed by atoms with Crippen molar-refractivity contribution >= 4 is 26.8 Å². The van der Waals surface area contributed by atoms with Gasteiger partial charge >= 0.3 is 6.18 Å². The molecule has 0 aliphatic carbocycles. The lowest BCUT2D eigenvalue weighted by molar-refractivity contribution is -0.153. The second kappa shape index (κ2) is 11.1. The largest absolute Gasteiger partial charge is 0.455 e. The maximum Gasteiger partial charge on any atom is 0.449 e. The molecule has 2 aromatic carbocycles. The van der Waals surface area contributed by atoms with Gasteiger partial charge < -0.3 is 9.32 Å². The lowest BCUT2D eigenvalue weighted by Crippen LogP contribution is -2.31. The molecule has 0 N–H and O–H groups in total. The van der Waals surface area contributed by atoms with Crippen molar-refractivity contribution in [2.45, 2.75) is 38.0 Å². The number of nitrogens with zero attached hydrogens (tertiary/aromatic N) is 3. The number of sulfone groups is 1. The maximum absolute atomic E-state index is 14.1. The fourth-order valence-corrected chi connectivity index (χ4v) is 5.32. The highest BCUT2D eigenvalue weighted by atomic mass is 32.2. The molecule has 0 saturated heterocycles. The third-order valence-electron chi connectivity index (χ3n) is 6.94. The number of furan rings is 1. The minimum atomic E-state index is -4.66. The molecule has 7 nitrogen and oxygen atoms in total. The first kappa shape index (κ1) is 29.0. The molecule has 3 heterocycles. The molecule has 3 aromatic heterocycles. The normalized spacial score (nSPS) is 12.0. The van der Waals surface area contributed by atoms with Crippen LogP contribution in [0.4, 0.5) is 13.2 Å². The summed E-state index contributed by atoms with van der Waals surface area (Å²) in [4.78, 5) is 24.6. The van der Waals surface area contributed by atoms with Crippen LogP contribution in [0.2, 0.25) is 0 Å². The number of benzene rings is 2. The Morgan fingerprint density at radius 3 is 2.33 bits per heavy atom. The van der Waals surface area contributed by atoms with E-state index in [1.807, 2.05) is 0 Å². The van der Waals surface area contributed by atoms with Crippen LogP contribution in [0.15, 0.2) is 88.3 Å². The summed E-state index contributed by atoms with van der Waals surface area (Å²) in [5, 5.41) is 0. The average Bonchev–Trinajstić information content (AvgIpc) is 3.43. The van der Waals surface area contributed by atoms with E-state index in [2.05, 4.69) is 9.97 Å². The molecule has 0 aliphatic heterocycles. The molecule has 0 atom stereocenters. The molecule has 1 amide bonds. The fraction of sp³-hybridized carbons (Fsp3) is 0.194. The van der Waals surface area contributed by atoms with E-state index in [-0.39, 0.29) is 23.7 Å². The molecule has 42 heavy (non-hydrogen) atoms. The molecule has 0 unspecified atom stereocenters. The second-order valence-electron chi connectivity index (χ2n) is 9.99. The van der Waals surface area contributed by atoms with Crippen molar-refractivity contribution in [3.8, 4) is 11.1 Å². The number of fused-ring (bicyclic) bond motifs is 1. The van der Waals surface area contributed by atoms with Gasteiger partial charge in [-0.1, -0.05) is 36.4 Å². The number of aromatic nitrogens is 2. The van der Waals surface area contributed by atoms with Crippen LogP contribution in [-0.2, 0) is 29.1 Å². The highest BCUT2D eigenvalue weighted by Crippen LogP contribution is 2.32. The zero-order chi connectivity index (χ0) is 30.2. The first-order chi connectivity index (χ1) is 19.8. The molecular weight excluding hydrogens is 567 g/mol. The minimum absolute atomic E-state index is 0.0226. The molecule has 0 spiro atoms. The van der Waals surface area contributed by atoms with Gasteiger partial charge in [-0.3, -0.25) is 14.8 Å². The standard InChI is InChI=1S/C31H26F3N3O4S/c1-19-20(2)36-26-8-5-15-35-29(26)28(19)30(38)37(18-24-13-14-27(41-24)31(32,33)34)17-21-9-11-22(12-10-21)23-6-4-7-25(16-23)42(3,39)40/h4-16H,17-18H2,1-3H3. The van der Waals surface area contributed by atoms with Crippen LogP contribution in [0, 0.1) is 13.8 Å². The van der Waals surface area contributed by atoms with Crippen molar-refractivity contribution in [2.24, 2.45) is 0 Å². The Kier molecular flexibility index (Phi) is 7.63. The Morgan fingerprint density at radius 2 is 1.67 bits per heavy atom. The predicted octanol–water partition coefficient (Wildman–Crippen LogP) is 6.77. The third kappa shape index (κ3) is 6.06. The number of hydrogen-bond donors (Lipinski definition) is 0. The number of rotatable bonds is 7. The van der Waals surface area contributed by atoms with Crippen LogP contribution in [0.5, 0.6) is 0 Å². The number of halogens is 3. The quantitative estimate of drug-likeness (QED) is 0.207. The summed E-state index contributed by atoms with van der Waals surface area (Å²) >= 11 is 0. The van der Waals surface area contributed by atoms with Gasteiger partial charge in [0.25, 0.3) is 5.91 Å². The van der Waals surface area contributed by atoms with Gasteiger partial charge in [-0.2, -0.15) is 13.2 Å². The molecule has 0 fully saturated rings. The Balaban J connectivity index is 1.51. The van der Waals surface area contributed by atoms with Gasteiger partial charge in [0, 0.05) is 24.7 Å². The van der Waals surface area contributed by atoms with Crippen molar-refractivity contribution in [3.63, 3.8) is 0 Å². The van der Waals surface area contributed by atoms with E-state index in [1.54, 1.807) is 74.6 Å². The van der Waals surface area contributed by atoms with Gasteiger partial charge in [-0.25, -0.2) is 8.42 Å². The number of pyridine rings is 2. The molecule has 0 aliphatic rings. The zero-order valence-corrected chi connectivity index (χ0v) is 23.8. The van der Waals surface area contributed by atoms with Gasteiger partial charge in [0.15, 0.2) is 9.84 Å². The Hall–Kier alpha value is -4.51. The van der Waals surface area contributed by atoms with Gasteiger partial charge in [-0.05, 0) is 72.5 Å². The summed E-state index contributed by atoms with van der Waals surface area (Å²) in [6, 6.07) is 19.2. The lowest BCUT2D eigenvalue weighted by Gasteiger charge is -2.24. The first-order valence-electron chi connectivity index (χ1n) is 12.9. The number of amides is 1. The van der Waals surface area contributed by atoms with Gasteiger partial charge in [0.05, 0.1) is 22.5 Å². The SMILES string of the molecule is Cc1nc2cccnc2c(C(=O)N(Cc2ccc(-c3cccc(S(C)(=O)=O)c3)cc2)Cc2ccc(C(F)(F)F)o2)c1C. The zero-order valence-electron chi connectivity index (χ0n) is 22.9. The van der Waals surface area contributed by atoms with Crippen LogP contribution >= 0.6 is 0 Å². The second-order valence-corrected chi connectivity index (χ2v) is 12.0. The molecule has 0 saturated carbocycles. The van der Waals surface area contributed by atoms with Crippen molar-refractivity contribution in [1.29, 1.82) is 0 Å². The first-order valence-corrected chi connectivity index (χ1v) is 14.8. The Labute approximate surface area is 240 Å². The highest BCUT2D eigenvalue weighted by Gasteiger charge is 2.35. The molecule has 216 valence electrons. The Bertz CT molecular complexity index is 1900. The van der Waals surface area contributed by atoms with Crippen LogP contribution in [0.1, 0.15) is 38.7 Å². The number of alkyl halides is 3. The summed E-state index contributed by atoms with van der Waals surface area (Å²) in [6.07, 6.45) is -1.96. The summed E-state index contributed by atoms with van der Waals surface area (Å²) in [5.74, 6) is -1.60.